The van der Waals surface area contributed by atoms with E-state index in [9.17, 15) is 4.79 Å². The van der Waals surface area contributed by atoms with E-state index in [1.54, 1.807) is 0 Å². The van der Waals surface area contributed by atoms with Gasteiger partial charge < -0.3 is 20.5 Å². The third-order valence-corrected chi connectivity index (χ3v) is 5.41. The summed E-state index contributed by atoms with van der Waals surface area (Å²) in [5.74, 6) is 0.00840. The van der Waals surface area contributed by atoms with Gasteiger partial charge in [-0.15, -0.1) is 0 Å². The first kappa shape index (κ1) is 19.3. The molecule has 2 unspecified atom stereocenters. The number of nitrogens with two attached hydrogens (primary N) is 1. The van der Waals surface area contributed by atoms with Crippen molar-refractivity contribution >= 4 is 11.6 Å². The summed E-state index contributed by atoms with van der Waals surface area (Å²) < 4.78 is 11.2. The number of anilines is 1. The molecule has 0 saturated carbocycles. The highest BCUT2D eigenvalue weighted by Gasteiger charge is 2.38. The molecular formula is C20H31N3O3. The smallest absolute Gasteiger partial charge is 0.232 e. The van der Waals surface area contributed by atoms with Gasteiger partial charge in [0.05, 0.1) is 17.6 Å². The number of carbonyl (C=O) groups is 1. The van der Waals surface area contributed by atoms with Gasteiger partial charge in [0, 0.05) is 45.1 Å². The van der Waals surface area contributed by atoms with Crippen LogP contribution in [0.15, 0.2) is 24.3 Å². The fraction of sp³-hybridized carbons (Fsp3) is 0.650. The van der Waals surface area contributed by atoms with Crippen LogP contribution < -0.4 is 11.1 Å². The Kier molecular flexibility index (Phi) is 6.29. The SMILES string of the molecule is CC1CN(Cc2cccc(NC(=O)C3(CN)CCOCC3)c2)CC(C)O1. The van der Waals surface area contributed by atoms with Crippen LogP contribution in [-0.2, 0) is 20.8 Å². The minimum atomic E-state index is -0.511. The van der Waals surface area contributed by atoms with Crippen molar-refractivity contribution in [3.05, 3.63) is 29.8 Å². The predicted molar refractivity (Wildman–Crippen MR) is 102 cm³/mol. The highest BCUT2D eigenvalue weighted by molar-refractivity contribution is 5.95. The van der Waals surface area contributed by atoms with Crippen molar-refractivity contribution in [2.75, 3.05) is 38.2 Å². The van der Waals surface area contributed by atoms with Crippen LogP contribution in [0.3, 0.4) is 0 Å². The van der Waals surface area contributed by atoms with Gasteiger partial charge in [0.2, 0.25) is 5.91 Å². The lowest BCUT2D eigenvalue weighted by atomic mass is 9.79. The summed E-state index contributed by atoms with van der Waals surface area (Å²) in [5.41, 5.74) is 7.45. The molecule has 2 saturated heterocycles. The van der Waals surface area contributed by atoms with Crippen LogP contribution in [0.4, 0.5) is 5.69 Å². The molecule has 3 rings (SSSR count). The molecule has 3 N–H and O–H groups in total. The summed E-state index contributed by atoms with van der Waals surface area (Å²) >= 11 is 0. The molecule has 0 aliphatic carbocycles. The van der Waals surface area contributed by atoms with Gasteiger partial charge in [-0.1, -0.05) is 12.1 Å². The molecule has 26 heavy (non-hydrogen) atoms. The highest BCUT2D eigenvalue weighted by Crippen LogP contribution is 2.31. The Hall–Kier alpha value is -1.47. The van der Waals surface area contributed by atoms with E-state index in [2.05, 4.69) is 36.2 Å². The number of ether oxygens (including phenoxy) is 2. The van der Waals surface area contributed by atoms with Gasteiger partial charge in [0.15, 0.2) is 0 Å². The molecule has 0 radical (unpaired) electrons. The minimum Gasteiger partial charge on any atom is -0.381 e. The van der Waals surface area contributed by atoms with Crippen LogP contribution in [0.1, 0.15) is 32.3 Å². The van der Waals surface area contributed by atoms with Gasteiger partial charge in [0.1, 0.15) is 0 Å². The fourth-order valence-electron chi connectivity index (χ4n) is 3.97. The minimum absolute atomic E-state index is 0.00840. The van der Waals surface area contributed by atoms with Crippen LogP contribution in [0.25, 0.3) is 0 Å². The van der Waals surface area contributed by atoms with E-state index in [0.29, 0.717) is 32.6 Å². The van der Waals surface area contributed by atoms with Crippen molar-refractivity contribution in [2.24, 2.45) is 11.1 Å². The number of benzene rings is 1. The van der Waals surface area contributed by atoms with E-state index in [1.165, 1.54) is 5.56 Å². The van der Waals surface area contributed by atoms with E-state index < -0.39 is 5.41 Å². The van der Waals surface area contributed by atoms with Gasteiger partial charge in [0.25, 0.3) is 0 Å². The van der Waals surface area contributed by atoms with E-state index >= 15 is 0 Å². The fourth-order valence-corrected chi connectivity index (χ4v) is 3.97. The predicted octanol–water partition coefficient (Wildman–Crippen LogP) is 1.99. The molecule has 2 atom stereocenters. The maximum Gasteiger partial charge on any atom is 0.232 e. The van der Waals surface area contributed by atoms with Crippen LogP contribution in [-0.4, -0.2) is 55.9 Å². The molecule has 6 nitrogen and oxygen atoms in total. The lowest BCUT2D eigenvalue weighted by Crippen LogP contribution is -2.46. The Balaban J connectivity index is 1.64. The Labute approximate surface area is 156 Å². The molecule has 0 bridgehead atoms. The largest absolute Gasteiger partial charge is 0.381 e. The second-order valence-corrected chi connectivity index (χ2v) is 7.70. The topological polar surface area (TPSA) is 76.8 Å². The molecule has 6 heteroatoms. The second kappa shape index (κ2) is 8.48. The summed E-state index contributed by atoms with van der Waals surface area (Å²) in [6, 6.07) is 8.10. The maximum atomic E-state index is 12.8. The normalized spacial score (nSPS) is 26.4. The quantitative estimate of drug-likeness (QED) is 0.839. The summed E-state index contributed by atoms with van der Waals surface area (Å²) in [6.07, 6.45) is 1.86. The van der Waals surface area contributed by atoms with Crippen LogP contribution in [0.2, 0.25) is 0 Å². The summed E-state index contributed by atoms with van der Waals surface area (Å²) in [6.45, 7) is 8.48. The molecule has 1 aromatic rings. The molecule has 2 fully saturated rings. The van der Waals surface area contributed by atoms with Gasteiger partial charge in [-0.05, 0) is 44.4 Å². The Morgan fingerprint density at radius 1 is 1.27 bits per heavy atom. The van der Waals surface area contributed by atoms with Crippen molar-refractivity contribution in [3.63, 3.8) is 0 Å². The van der Waals surface area contributed by atoms with Crippen LogP contribution >= 0.6 is 0 Å². The van der Waals surface area contributed by atoms with Gasteiger partial charge in [-0.25, -0.2) is 0 Å². The van der Waals surface area contributed by atoms with Crippen LogP contribution in [0, 0.1) is 5.41 Å². The lowest BCUT2D eigenvalue weighted by Gasteiger charge is -2.35. The van der Waals surface area contributed by atoms with Gasteiger partial charge >= 0.3 is 0 Å². The molecule has 2 aliphatic heterocycles. The second-order valence-electron chi connectivity index (χ2n) is 7.70. The Morgan fingerprint density at radius 3 is 2.62 bits per heavy atom. The number of carbonyl (C=O) groups excluding carboxylic acids is 1. The third-order valence-electron chi connectivity index (χ3n) is 5.41. The zero-order valence-electron chi connectivity index (χ0n) is 15.9. The average Bonchev–Trinajstić information content (AvgIpc) is 2.61. The monoisotopic (exact) mass is 361 g/mol. The van der Waals surface area contributed by atoms with Crippen molar-refractivity contribution in [1.82, 2.24) is 4.90 Å². The van der Waals surface area contributed by atoms with E-state index in [1.807, 2.05) is 12.1 Å². The lowest BCUT2D eigenvalue weighted by molar-refractivity contribution is -0.130. The van der Waals surface area contributed by atoms with E-state index in [4.69, 9.17) is 15.2 Å². The van der Waals surface area contributed by atoms with Crippen molar-refractivity contribution in [3.8, 4) is 0 Å². The number of morpholine rings is 1. The van der Waals surface area contributed by atoms with Crippen molar-refractivity contribution in [1.29, 1.82) is 0 Å². The standard InChI is InChI=1S/C20H31N3O3/c1-15-11-23(12-16(2)26-15)13-17-4-3-5-18(10-17)22-19(24)20(14-21)6-8-25-9-7-20/h3-5,10,15-16H,6-9,11-14,21H2,1-2H3,(H,22,24). The molecule has 144 valence electrons. The highest BCUT2D eigenvalue weighted by atomic mass is 16.5. The van der Waals surface area contributed by atoms with Gasteiger partial charge in [-0.2, -0.15) is 0 Å². The molecule has 0 spiro atoms. The molecule has 2 aliphatic rings. The summed E-state index contributed by atoms with van der Waals surface area (Å²) in [5, 5.41) is 3.08. The van der Waals surface area contributed by atoms with Crippen molar-refractivity contribution in [2.45, 2.75) is 45.4 Å². The number of hydrogen-bond donors (Lipinski definition) is 2. The first-order chi connectivity index (χ1) is 12.5. The third kappa shape index (κ3) is 4.62. The first-order valence-corrected chi connectivity index (χ1v) is 9.57. The van der Waals surface area contributed by atoms with Crippen molar-refractivity contribution < 1.29 is 14.3 Å². The molecule has 2 heterocycles. The maximum absolute atomic E-state index is 12.8. The van der Waals surface area contributed by atoms with Crippen LogP contribution in [0.5, 0.6) is 0 Å². The number of amides is 1. The number of nitrogens with zero attached hydrogens (tertiary/aromatic N) is 1. The Morgan fingerprint density at radius 2 is 1.96 bits per heavy atom. The Bertz CT molecular complexity index is 606. The number of rotatable bonds is 5. The van der Waals surface area contributed by atoms with Gasteiger partial charge in [-0.3, -0.25) is 9.69 Å². The zero-order chi connectivity index (χ0) is 18.6. The zero-order valence-corrected chi connectivity index (χ0v) is 15.9. The average molecular weight is 361 g/mol. The number of nitrogens with one attached hydrogen (secondary N) is 1. The molecule has 0 aromatic heterocycles. The van der Waals surface area contributed by atoms with E-state index in [0.717, 1.165) is 25.3 Å². The summed E-state index contributed by atoms with van der Waals surface area (Å²) in [7, 11) is 0. The molecular weight excluding hydrogens is 330 g/mol. The molecule has 1 amide bonds. The first-order valence-electron chi connectivity index (χ1n) is 9.57. The molecule has 1 aromatic carbocycles. The number of hydrogen-bond acceptors (Lipinski definition) is 5. The summed E-state index contributed by atoms with van der Waals surface area (Å²) in [4.78, 5) is 15.2. The van der Waals surface area contributed by atoms with E-state index in [-0.39, 0.29) is 18.1 Å².